The van der Waals surface area contributed by atoms with Gasteiger partial charge in [0, 0.05) is 25.3 Å². The average Bonchev–Trinajstić information content (AvgIpc) is 2.40. The van der Waals surface area contributed by atoms with E-state index in [1.807, 2.05) is 24.3 Å². The number of hydrogen-bond acceptors (Lipinski definition) is 3. The van der Waals surface area contributed by atoms with Crippen LogP contribution in [-0.2, 0) is 11.3 Å². The second kappa shape index (κ2) is 6.66. The number of hydrogen-bond donors (Lipinski definition) is 1. The van der Waals surface area contributed by atoms with E-state index in [1.54, 1.807) is 0 Å². The predicted molar refractivity (Wildman–Crippen MR) is 67.2 cm³/mol. The lowest BCUT2D eigenvalue weighted by Crippen LogP contribution is -2.36. The van der Waals surface area contributed by atoms with E-state index in [1.165, 1.54) is 0 Å². The minimum atomic E-state index is -2.29. The summed E-state index contributed by atoms with van der Waals surface area (Å²) in [6, 6.07) is 8.02. The van der Waals surface area contributed by atoms with Crippen molar-refractivity contribution in [2.75, 3.05) is 37.7 Å². The van der Waals surface area contributed by atoms with E-state index in [0.29, 0.717) is 6.54 Å². The summed E-state index contributed by atoms with van der Waals surface area (Å²) in [4.78, 5) is 2.26. The van der Waals surface area contributed by atoms with Crippen molar-refractivity contribution >= 4 is 5.69 Å². The molecular weight excluding hydrogens is 238 g/mol. The molecule has 0 amide bonds. The summed E-state index contributed by atoms with van der Waals surface area (Å²) in [5.41, 5.74) is 2.18. The molecule has 100 valence electrons. The molecule has 18 heavy (non-hydrogen) atoms. The summed E-state index contributed by atoms with van der Waals surface area (Å²) in [5, 5.41) is 2.72. The third-order valence-corrected chi connectivity index (χ3v) is 2.94. The number of alkyl halides is 2. The van der Waals surface area contributed by atoms with Gasteiger partial charge in [0.05, 0.1) is 19.8 Å². The van der Waals surface area contributed by atoms with Crippen LogP contribution < -0.4 is 10.2 Å². The Morgan fingerprint density at radius 1 is 1.17 bits per heavy atom. The molecule has 1 fully saturated rings. The number of morpholine rings is 1. The molecule has 0 radical (unpaired) electrons. The molecule has 1 aliphatic heterocycles. The fourth-order valence-corrected chi connectivity index (χ4v) is 1.97. The van der Waals surface area contributed by atoms with E-state index < -0.39 is 6.43 Å². The Kier molecular flexibility index (Phi) is 4.90. The van der Waals surface area contributed by atoms with Crippen LogP contribution in [0, 0.1) is 0 Å². The van der Waals surface area contributed by atoms with Gasteiger partial charge in [-0.2, -0.15) is 0 Å². The topological polar surface area (TPSA) is 24.5 Å². The van der Waals surface area contributed by atoms with Gasteiger partial charge in [0.15, 0.2) is 0 Å². The van der Waals surface area contributed by atoms with Crippen LogP contribution in [0.2, 0.25) is 0 Å². The smallest absolute Gasteiger partial charge is 0.250 e. The van der Waals surface area contributed by atoms with Crippen molar-refractivity contribution < 1.29 is 13.5 Å². The van der Waals surface area contributed by atoms with Gasteiger partial charge in [0.1, 0.15) is 0 Å². The highest BCUT2D eigenvalue weighted by atomic mass is 19.3. The number of benzene rings is 1. The summed E-state index contributed by atoms with van der Waals surface area (Å²) in [6.07, 6.45) is -2.29. The van der Waals surface area contributed by atoms with Crippen LogP contribution in [0.25, 0.3) is 0 Å². The zero-order valence-electron chi connectivity index (χ0n) is 10.2. The highest BCUT2D eigenvalue weighted by Gasteiger charge is 2.10. The molecule has 0 unspecified atom stereocenters. The maximum atomic E-state index is 12.0. The molecule has 3 nitrogen and oxygen atoms in total. The molecule has 1 aromatic rings. The summed E-state index contributed by atoms with van der Waals surface area (Å²) >= 11 is 0. The van der Waals surface area contributed by atoms with Gasteiger partial charge in [-0.15, -0.1) is 0 Å². The lowest BCUT2D eigenvalue weighted by molar-refractivity contribution is 0.122. The van der Waals surface area contributed by atoms with E-state index in [-0.39, 0.29) is 6.54 Å². The molecule has 0 spiro atoms. The van der Waals surface area contributed by atoms with Crippen molar-refractivity contribution in [1.82, 2.24) is 5.32 Å². The monoisotopic (exact) mass is 256 g/mol. The molecule has 1 aliphatic rings. The van der Waals surface area contributed by atoms with Crippen LogP contribution in [0.1, 0.15) is 5.56 Å². The van der Waals surface area contributed by atoms with E-state index in [2.05, 4.69) is 10.2 Å². The van der Waals surface area contributed by atoms with Crippen LogP contribution in [0.5, 0.6) is 0 Å². The number of anilines is 1. The average molecular weight is 256 g/mol. The van der Waals surface area contributed by atoms with Crippen LogP contribution in [0.15, 0.2) is 24.3 Å². The van der Waals surface area contributed by atoms with E-state index in [4.69, 9.17) is 4.74 Å². The fraction of sp³-hybridized carbons (Fsp3) is 0.538. The first-order valence-corrected chi connectivity index (χ1v) is 6.16. The first-order valence-electron chi connectivity index (χ1n) is 6.16. The molecule has 0 bridgehead atoms. The van der Waals surface area contributed by atoms with Crippen LogP contribution in [0.4, 0.5) is 14.5 Å². The van der Waals surface area contributed by atoms with Gasteiger partial charge >= 0.3 is 0 Å². The number of nitrogens with zero attached hydrogens (tertiary/aromatic N) is 1. The van der Waals surface area contributed by atoms with Gasteiger partial charge < -0.3 is 15.0 Å². The van der Waals surface area contributed by atoms with E-state index >= 15 is 0 Å². The lowest BCUT2D eigenvalue weighted by Gasteiger charge is -2.28. The number of halogens is 2. The first-order chi connectivity index (χ1) is 8.75. The summed E-state index contributed by atoms with van der Waals surface area (Å²) < 4.78 is 29.2. The minimum Gasteiger partial charge on any atom is -0.378 e. The molecule has 1 N–H and O–H groups in total. The predicted octanol–water partition coefficient (Wildman–Crippen LogP) is 1.88. The van der Waals surface area contributed by atoms with Crippen molar-refractivity contribution in [2.45, 2.75) is 13.0 Å². The second-order valence-corrected chi connectivity index (χ2v) is 4.29. The lowest BCUT2D eigenvalue weighted by atomic mass is 10.2. The van der Waals surface area contributed by atoms with E-state index in [9.17, 15) is 8.78 Å². The number of ether oxygens (including phenoxy) is 1. The molecule has 1 heterocycles. The van der Waals surface area contributed by atoms with Gasteiger partial charge in [0.2, 0.25) is 0 Å². The van der Waals surface area contributed by atoms with Gasteiger partial charge in [-0.25, -0.2) is 8.78 Å². The van der Waals surface area contributed by atoms with Crippen LogP contribution >= 0.6 is 0 Å². The summed E-state index contributed by atoms with van der Waals surface area (Å²) in [6.45, 7) is 3.56. The Labute approximate surface area is 106 Å². The zero-order valence-corrected chi connectivity index (χ0v) is 10.2. The molecule has 0 atom stereocenters. The fourth-order valence-electron chi connectivity index (χ4n) is 1.97. The Bertz CT molecular complexity index is 351. The van der Waals surface area contributed by atoms with Gasteiger partial charge in [-0.3, -0.25) is 0 Å². The molecule has 0 saturated carbocycles. The normalized spacial score (nSPS) is 16.3. The second-order valence-electron chi connectivity index (χ2n) is 4.29. The van der Waals surface area contributed by atoms with Crippen LogP contribution in [-0.4, -0.2) is 39.3 Å². The highest BCUT2D eigenvalue weighted by molar-refractivity contribution is 5.47. The van der Waals surface area contributed by atoms with Crippen LogP contribution in [0.3, 0.4) is 0 Å². The third-order valence-electron chi connectivity index (χ3n) is 2.94. The van der Waals surface area contributed by atoms with Crippen molar-refractivity contribution in [2.24, 2.45) is 0 Å². The molecular formula is C13H18F2N2O. The van der Waals surface area contributed by atoms with E-state index in [0.717, 1.165) is 37.6 Å². The Hall–Kier alpha value is -1.20. The van der Waals surface area contributed by atoms with Gasteiger partial charge in [-0.1, -0.05) is 12.1 Å². The molecule has 0 aliphatic carbocycles. The van der Waals surface area contributed by atoms with Gasteiger partial charge in [0.25, 0.3) is 6.43 Å². The third kappa shape index (κ3) is 3.92. The molecule has 2 rings (SSSR count). The van der Waals surface area contributed by atoms with Crippen molar-refractivity contribution in [3.8, 4) is 0 Å². The molecule has 5 heteroatoms. The largest absolute Gasteiger partial charge is 0.378 e. The van der Waals surface area contributed by atoms with Crippen molar-refractivity contribution in [3.05, 3.63) is 29.8 Å². The molecule has 1 saturated heterocycles. The SMILES string of the molecule is FC(F)CNCc1ccc(N2CCOCC2)cc1. The molecule has 1 aromatic carbocycles. The van der Waals surface area contributed by atoms with Crippen molar-refractivity contribution in [1.29, 1.82) is 0 Å². The summed E-state index contributed by atoms with van der Waals surface area (Å²) in [7, 11) is 0. The maximum absolute atomic E-state index is 12.0. The minimum absolute atomic E-state index is 0.259. The number of rotatable bonds is 5. The highest BCUT2D eigenvalue weighted by Crippen LogP contribution is 2.16. The number of nitrogens with one attached hydrogen (secondary N) is 1. The Morgan fingerprint density at radius 2 is 1.83 bits per heavy atom. The molecule has 0 aromatic heterocycles. The van der Waals surface area contributed by atoms with Crippen molar-refractivity contribution in [3.63, 3.8) is 0 Å². The maximum Gasteiger partial charge on any atom is 0.250 e. The first kappa shape index (κ1) is 13.2. The standard InChI is InChI=1S/C13H18F2N2O/c14-13(15)10-16-9-11-1-3-12(4-2-11)17-5-7-18-8-6-17/h1-4,13,16H,5-10H2. The Morgan fingerprint density at radius 3 is 2.44 bits per heavy atom. The quantitative estimate of drug-likeness (QED) is 0.870. The summed E-state index contributed by atoms with van der Waals surface area (Å²) in [5.74, 6) is 0. The zero-order chi connectivity index (χ0) is 12.8. The Balaban J connectivity index is 1.84. The van der Waals surface area contributed by atoms with Gasteiger partial charge in [-0.05, 0) is 17.7 Å².